The molecule has 0 aliphatic carbocycles. The summed E-state index contributed by atoms with van der Waals surface area (Å²) in [5.41, 5.74) is 1.79. The summed E-state index contributed by atoms with van der Waals surface area (Å²) in [5, 5.41) is 0. The van der Waals surface area contributed by atoms with Crippen molar-refractivity contribution in [1.29, 1.82) is 0 Å². The number of carbonyl (C=O) groups excluding carboxylic acids is 1. The number of hydrogen-bond acceptors (Lipinski definition) is 2. The van der Waals surface area contributed by atoms with Crippen LogP contribution in [0, 0.1) is 12.8 Å². The van der Waals surface area contributed by atoms with Crippen molar-refractivity contribution in [3.8, 4) is 0 Å². The minimum Gasteiger partial charge on any atom is -0.462 e. The van der Waals surface area contributed by atoms with Crippen molar-refractivity contribution in [3.05, 3.63) is 48.0 Å². The molecule has 0 bridgehead atoms. The quantitative estimate of drug-likeness (QED) is 0.524. The number of benzene rings is 1. The maximum atomic E-state index is 10.9. The molecule has 1 aromatic rings. The molecule has 21 heavy (non-hydrogen) atoms. The van der Waals surface area contributed by atoms with Crippen LogP contribution < -0.4 is 0 Å². The number of ether oxygens (including phenoxy) is 1. The average molecular weight is 292 g/mol. The summed E-state index contributed by atoms with van der Waals surface area (Å²) in [6, 6.07) is 10.3. The Balaban J connectivity index is 0. The molecule has 0 saturated heterocycles. The fourth-order valence-corrected chi connectivity index (χ4v) is 1.21. The van der Waals surface area contributed by atoms with Crippen LogP contribution in [0.15, 0.2) is 42.5 Å². The van der Waals surface area contributed by atoms with Gasteiger partial charge in [0.2, 0.25) is 0 Å². The highest BCUT2D eigenvalue weighted by molar-refractivity contribution is 5.86. The van der Waals surface area contributed by atoms with Gasteiger partial charge in [-0.15, -0.1) is 0 Å². The van der Waals surface area contributed by atoms with Crippen LogP contribution in [0.5, 0.6) is 0 Å². The predicted molar refractivity (Wildman–Crippen MR) is 92.4 cm³/mol. The molecule has 2 heteroatoms. The molecule has 0 aliphatic heterocycles. The van der Waals surface area contributed by atoms with E-state index in [1.54, 1.807) is 6.92 Å². The fourth-order valence-electron chi connectivity index (χ4n) is 1.21. The monoisotopic (exact) mass is 292 g/mol. The van der Waals surface area contributed by atoms with E-state index in [0.717, 1.165) is 12.8 Å². The van der Waals surface area contributed by atoms with E-state index in [1.807, 2.05) is 32.0 Å². The molecule has 0 fully saturated rings. The molecule has 1 aromatic carbocycles. The molecule has 0 saturated carbocycles. The molecule has 0 radical (unpaired) electrons. The number of esters is 1. The summed E-state index contributed by atoms with van der Waals surface area (Å²) in [4.78, 5) is 10.9. The van der Waals surface area contributed by atoms with E-state index in [0.29, 0.717) is 18.1 Å². The molecule has 0 N–H and O–H groups in total. The Morgan fingerprint density at radius 3 is 2.10 bits per heavy atom. The summed E-state index contributed by atoms with van der Waals surface area (Å²) in [5.74, 6) is 0.348. The zero-order valence-electron chi connectivity index (χ0n) is 14.6. The highest BCUT2D eigenvalue weighted by Gasteiger charge is 2.04. The van der Waals surface area contributed by atoms with Gasteiger partial charge in [0.25, 0.3) is 0 Å². The molecule has 0 spiro atoms. The number of hydrogen-bond donors (Lipinski definition) is 0. The SMILES string of the molecule is C=C(C)C(=O)OCC[C@H](C)CC.CC.Cc1ccccc1. The third-order valence-corrected chi connectivity index (χ3v) is 2.83. The maximum Gasteiger partial charge on any atom is 0.333 e. The molecule has 0 amide bonds. The molecule has 1 rings (SSSR count). The third kappa shape index (κ3) is 14.6. The van der Waals surface area contributed by atoms with Gasteiger partial charge in [-0.1, -0.05) is 76.6 Å². The second-order valence-electron chi connectivity index (χ2n) is 4.87. The summed E-state index contributed by atoms with van der Waals surface area (Å²) < 4.78 is 4.94. The normalized spacial score (nSPS) is 10.2. The van der Waals surface area contributed by atoms with Gasteiger partial charge in [0.1, 0.15) is 0 Å². The Morgan fingerprint density at radius 1 is 1.24 bits per heavy atom. The van der Waals surface area contributed by atoms with Crippen molar-refractivity contribution in [2.24, 2.45) is 5.92 Å². The predicted octanol–water partition coefficient (Wildman–Crippen LogP) is 5.56. The van der Waals surface area contributed by atoms with E-state index in [9.17, 15) is 4.79 Å². The molecule has 120 valence electrons. The van der Waals surface area contributed by atoms with E-state index in [4.69, 9.17) is 4.74 Å². The van der Waals surface area contributed by atoms with Gasteiger partial charge in [0, 0.05) is 5.57 Å². The first-order valence-corrected chi connectivity index (χ1v) is 7.81. The van der Waals surface area contributed by atoms with E-state index in [1.165, 1.54) is 5.56 Å². The first kappa shape index (κ1) is 21.7. The number of aryl methyl sites for hydroxylation is 1. The Morgan fingerprint density at radius 2 is 1.76 bits per heavy atom. The van der Waals surface area contributed by atoms with Crippen LogP contribution in [0.2, 0.25) is 0 Å². The molecule has 0 aliphatic rings. The Hall–Kier alpha value is -1.57. The molecule has 2 nitrogen and oxygen atoms in total. The van der Waals surface area contributed by atoms with Gasteiger partial charge < -0.3 is 4.74 Å². The average Bonchev–Trinajstić information content (AvgIpc) is 2.50. The Bertz CT molecular complexity index is 368. The smallest absolute Gasteiger partial charge is 0.333 e. The van der Waals surface area contributed by atoms with E-state index < -0.39 is 0 Å². The lowest BCUT2D eigenvalue weighted by Gasteiger charge is -2.08. The Kier molecular flexibility index (Phi) is 15.3. The van der Waals surface area contributed by atoms with Crippen molar-refractivity contribution in [1.82, 2.24) is 0 Å². The Labute approximate surface area is 131 Å². The lowest BCUT2D eigenvalue weighted by atomic mass is 10.1. The molecule has 1 atom stereocenters. The van der Waals surface area contributed by atoms with E-state index >= 15 is 0 Å². The van der Waals surface area contributed by atoms with Crippen LogP contribution in [0.1, 0.15) is 53.0 Å². The molecular formula is C19H32O2. The second kappa shape index (κ2) is 14.8. The topological polar surface area (TPSA) is 26.3 Å². The largest absolute Gasteiger partial charge is 0.462 e. The minimum atomic E-state index is -0.279. The first-order chi connectivity index (χ1) is 9.97. The molecule has 0 aromatic heterocycles. The van der Waals surface area contributed by atoms with Gasteiger partial charge in [0.15, 0.2) is 0 Å². The highest BCUT2D eigenvalue weighted by atomic mass is 16.5. The standard InChI is InChI=1S/C10H18O2.C7H8.C2H6/c1-5-9(4)6-7-12-10(11)8(2)3;1-7-5-3-2-4-6-7;1-2/h9H,2,5-7H2,1,3-4H3;2-6H,1H3;1-2H3/t9-;;/m1../s1. The van der Waals surface area contributed by atoms with Crippen molar-refractivity contribution in [3.63, 3.8) is 0 Å². The fraction of sp³-hybridized carbons (Fsp3) is 0.526. The second-order valence-corrected chi connectivity index (χ2v) is 4.87. The molecular weight excluding hydrogens is 260 g/mol. The minimum absolute atomic E-state index is 0.279. The number of carbonyl (C=O) groups is 1. The number of rotatable bonds is 5. The molecule has 0 heterocycles. The van der Waals surface area contributed by atoms with Crippen LogP contribution in [-0.4, -0.2) is 12.6 Å². The maximum absolute atomic E-state index is 10.9. The van der Waals surface area contributed by atoms with Crippen LogP contribution >= 0.6 is 0 Å². The van der Waals surface area contributed by atoms with E-state index in [2.05, 4.69) is 39.5 Å². The van der Waals surface area contributed by atoms with Crippen molar-refractivity contribution in [2.45, 2.75) is 54.4 Å². The van der Waals surface area contributed by atoms with Crippen LogP contribution in [0.3, 0.4) is 0 Å². The van der Waals surface area contributed by atoms with E-state index in [-0.39, 0.29) is 5.97 Å². The van der Waals surface area contributed by atoms with Gasteiger partial charge >= 0.3 is 5.97 Å². The zero-order chi connectivity index (χ0) is 16.7. The van der Waals surface area contributed by atoms with Gasteiger partial charge in [-0.2, -0.15) is 0 Å². The van der Waals surface area contributed by atoms with Crippen molar-refractivity contribution >= 4 is 5.97 Å². The van der Waals surface area contributed by atoms with Gasteiger partial charge in [0.05, 0.1) is 6.61 Å². The third-order valence-electron chi connectivity index (χ3n) is 2.83. The van der Waals surface area contributed by atoms with Gasteiger partial charge in [-0.25, -0.2) is 4.79 Å². The first-order valence-electron chi connectivity index (χ1n) is 7.81. The lowest BCUT2D eigenvalue weighted by molar-refractivity contribution is -0.139. The summed E-state index contributed by atoms with van der Waals surface area (Å²) in [7, 11) is 0. The van der Waals surface area contributed by atoms with Crippen LogP contribution in [-0.2, 0) is 9.53 Å². The van der Waals surface area contributed by atoms with Crippen molar-refractivity contribution < 1.29 is 9.53 Å². The van der Waals surface area contributed by atoms with Gasteiger partial charge in [-0.3, -0.25) is 0 Å². The van der Waals surface area contributed by atoms with Gasteiger partial charge in [-0.05, 0) is 26.2 Å². The van der Waals surface area contributed by atoms with Crippen LogP contribution in [0.4, 0.5) is 0 Å². The summed E-state index contributed by atoms with van der Waals surface area (Å²) in [6.45, 7) is 16.0. The zero-order valence-corrected chi connectivity index (χ0v) is 14.6. The molecule has 0 unspecified atom stereocenters. The lowest BCUT2D eigenvalue weighted by Crippen LogP contribution is -2.08. The van der Waals surface area contributed by atoms with Crippen molar-refractivity contribution in [2.75, 3.05) is 6.61 Å². The highest BCUT2D eigenvalue weighted by Crippen LogP contribution is 2.06. The summed E-state index contributed by atoms with van der Waals surface area (Å²) in [6.07, 6.45) is 2.07. The summed E-state index contributed by atoms with van der Waals surface area (Å²) >= 11 is 0. The van der Waals surface area contributed by atoms with Crippen LogP contribution in [0.25, 0.3) is 0 Å².